The lowest BCUT2D eigenvalue weighted by atomic mass is 9.81. The minimum Gasteiger partial charge on any atom is -0.309 e. The molecule has 0 fully saturated rings. The average molecular weight is 584 g/mol. The lowest BCUT2D eigenvalue weighted by Gasteiger charge is -2.33. The van der Waals surface area contributed by atoms with Gasteiger partial charge in [0.25, 0.3) is 0 Å². The Hall–Kier alpha value is -4.66. The van der Waals surface area contributed by atoms with Crippen molar-refractivity contribution in [3.05, 3.63) is 150 Å². The van der Waals surface area contributed by atoms with Crippen LogP contribution in [-0.4, -0.2) is 0 Å². The van der Waals surface area contributed by atoms with E-state index in [-0.39, 0.29) is 10.8 Å². The van der Waals surface area contributed by atoms with Crippen molar-refractivity contribution in [1.29, 1.82) is 0 Å². The normalized spacial score (nSPS) is 15.2. The minimum atomic E-state index is -0.138. The molecule has 0 unspecified atom stereocenters. The van der Waals surface area contributed by atoms with Gasteiger partial charge in [-0.15, -0.1) is 11.3 Å². The van der Waals surface area contributed by atoms with Gasteiger partial charge in [-0.25, -0.2) is 0 Å². The van der Waals surface area contributed by atoms with E-state index in [1.165, 1.54) is 81.7 Å². The fraction of sp³-hybridized carbons (Fsp3) is 0.143. The highest BCUT2D eigenvalue weighted by Crippen LogP contribution is 2.56. The zero-order valence-electron chi connectivity index (χ0n) is 25.5. The fourth-order valence-corrected chi connectivity index (χ4v) is 9.36. The molecule has 0 spiro atoms. The highest BCUT2D eigenvalue weighted by Gasteiger charge is 2.40. The Morgan fingerprint density at radius 2 is 1.07 bits per heavy atom. The van der Waals surface area contributed by atoms with Gasteiger partial charge >= 0.3 is 0 Å². The standard InChI is InChI=1S/C42H33NS/c1-41(2)33-18-8-5-13-27(33)29-24-23-26(25-35(29)41)43(37-21-12-17-32-30-15-7-10-22-38(30)44-40(32)37)36-20-11-16-31-28-14-6-9-19-34(28)42(3,4)39(31)36/h5-25H,1-4H3. The summed E-state index contributed by atoms with van der Waals surface area (Å²) in [4.78, 5) is 2.56. The number of hydrogen-bond acceptors (Lipinski definition) is 2. The number of fused-ring (bicyclic) bond motifs is 9. The van der Waals surface area contributed by atoms with Gasteiger partial charge in [0.2, 0.25) is 0 Å². The van der Waals surface area contributed by atoms with E-state index < -0.39 is 0 Å². The molecule has 0 amide bonds. The number of rotatable bonds is 3. The number of thiophene rings is 1. The van der Waals surface area contributed by atoms with Gasteiger partial charge in [-0.05, 0) is 74.8 Å². The van der Waals surface area contributed by atoms with E-state index in [1.54, 1.807) is 0 Å². The van der Waals surface area contributed by atoms with E-state index in [9.17, 15) is 0 Å². The molecule has 0 bridgehead atoms. The number of benzene rings is 6. The molecule has 0 aliphatic heterocycles. The van der Waals surface area contributed by atoms with E-state index in [4.69, 9.17) is 0 Å². The quantitative estimate of drug-likeness (QED) is 0.200. The molecule has 2 aliphatic carbocycles. The predicted octanol–water partition coefficient (Wildman–Crippen LogP) is 12.1. The number of nitrogens with zero attached hydrogens (tertiary/aromatic N) is 1. The molecule has 0 saturated carbocycles. The van der Waals surface area contributed by atoms with Crippen molar-refractivity contribution >= 4 is 48.6 Å². The van der Waals surface area contributed by atoms with Crippen LogP contribution in [0.5, 0.6) is 0 Å². The molecule has 0 atom stereocenters. The van der Waals surface area contributed by atoms with Gasteiger partial charge in [-0.1, -0.05) is 125 Å². The maximum atomic E-state index is 2.56. The van der Waals surface area contributed by atoms with Crippen molar-refractivity contribution in [3.63, 3.8) is 0 Å². The summed E-state index contributed by atoms with van der Waals surface area (Å²) in [6.45, 7) is 9.53. The third-order valence-corrected chi connectivity index (χ3v) is 11.5. The largest absolute Gasteiger partial charge is 0.309 e. The molecular weight excluding hydrogens is 551 g/mol. The Labute approximate surface area is 263 Å². The van der Waals surface area contributed by atoms with Gasteiger partial charge in [0.15, 0.2) is 0 Å². The van der Waals surface area contributed by atoms with Crippen LogP contribution in [0.2, 0.25) is 0 Å². The summed E-state index contributed by atoms with van der Waals surface area (Å²) in [5.41, 5.74) is 14.4. The second-order valence-corrected chi connectivity index (χ2v) is 14.4. The molecule has 9 rings (SSSR count). The highest BCUT2D eigenvalue weighted by molar-refractivity contribution is 7.26. The lowest BCUT2D eigenvalue weighted by Crippen LogP contribution is -2.21. The Kier molecular flexibility index (Phi) is 5.24. The molecule has 0 N–H and O–H groups in total. The van der Waals surface area contributed by atoms with Gasteiger partial charge < -0.3 is 4.90 Å². The summed E-state index contributed by atoms with van der Waals surface area (Å²) in [6, 6.07) is 47.6. The molecule has 7 aromatic rings. The zero-order chi connectivity index (χ0) is 29.8. The summed E-state index contributed by atoms with van der Waals surface area (Å²) in [5.74, 6) is 0. The van der Waals surface area contributed by atoms with Crippen LogP contribution in [0, 0.1) is 0 Å². The van der Waals surface area contributed by atoms with E-state index in [2.05, 4.69) is 160 Å². The van der Waals surface area contributed by atoms with Gasteiger partial charge in [0.05, 0.1) is 16.1 Å². The van der Waals surface area contributed by atoms with Crippen LogP contribution in [0.4, 0.5) is 17.1 Å². The maximum Gasteiger partial charge on any atom is 0.0640 e. The third-order valence-electron chi connectivity index (χ3n) is 10.2. The summed E-state index contributed by atoms with van der Waals surface area (Å²) in [6.07, 6.45) is 0. The zero-order valence-corrected chi connectivity index (χ0v) is 26.3. The molecule has 2 heteroatoms. The van der Waals surface area contributed by atoms with Gasteiger partial charge in [-0.2, -0.15) is 0 Å². The van der Waals surface area contributed by atoms with Crippen molar-refractivity contribution < 1.29 is 0 Å². The Bertz CT molecular complexity index is 2300. The molecule has 1 aromatic heterocycles. The number of anilines is 3. The van der Waals surface area contributed by atoms with Crippen molar-refractivity contribution in [2.45, 2.75) is 38.5 Å². The highest BCUT2D eigenvalue weighted by atomic mass is 32.1. The second-order valence-electron chi connectivity index (χ2n) is 13.4. The van der Waals surface area contributed by atoms with Crippen LogP contribution in [-0.2, 0) is 10.8 Å². The van der Waals surface area contributed by atoms with Gasteiger partial charge in [-0.3, -0.25) is 0 Å². The average Bonchev–Trinajstić information content (AvgIpc) is 3.62. The summed E-state index contributed by atoms with van der Waals surface area (Å²) < 4.78 is 2.65. The smallest absolute Gasteiger partial charge is 0.0640 e. The van der Waals surface area contributed by atoms with Crippen LogP contribution in [0.1, 0.15) is 49.9 Å². The third kappa shape index (κ3) is 3.35. The topological polar surface area (TPSA) is 3.24 Å². The van der Waals surface area contributed by atoms with Crippen LogP contribution < -0.4 is 4.90 Å². The molecule has 2 aliphatic rings. The SMILES string of the molecule is CC1(C)c2ccccc2-c2ccc(N(c3cccc4c3C(C)(C)c3ccccc3-4)c3cccc4c3sc3ccccc34)cc21. The predicted molar refractivity (Wildman–Crippen MR) is 189 cm³/mol. The van der Waals surface area contributed by atoms with E-state index in [1.807, 2.05) is 11.3 Å². The number of hydrogen-bond donors (Lipinski definition) is 0. The first-order valence-electron chi connectivity index (χ1n) is 15.5. The summed E-state index contributed by atoms with van der Waals surface area (Å²) in [5, 5.41) is 2.64. The molecule has 212 valence electrons. The molecule has 0 radical (unpaired) electrons. The van der Waals surface area contributed by atoms with E-state index in [0.29, 0.717) is 0 Å². The van der Waals surface area contributed by atoms with Crippen LogP contribution in [0.25, 0.3) is 42.4 Å². The van der Waals surface area contributed by atoms with Crippen LogP contribution in [0.15, 0.2) is 127 Å². The van der Waals surface area contributed by atoms with Gasteiger partial charge in [0.1, 0.15) is 0 Å². The minimum absolute atomic E-state index is 0.0780. The van der Waals surface area contributed by atoms with Gasteiger partial charge in [0, 0.05) is 32.0 Å². The molecule has 6 aromatic carbocycles. The van der Waals surface area contributed by atoms with Crippen molar-refractivity contribution in [2.24, 2.45) is 0 Å². The first kappa shape index (κ1) is 25.8. The monoisotopic (exact) mass is 583 g/mol. The van der Waals surface area contributed by atoms with Crippen molar-refractivity contribution in [2.75, 3.05) is 4.90 Å². The van der Waals surface area contributed by atoms with Crippen molar-refractivity contribution in [1.82, 2.24) is 0 Å². The summed E-state index contributed by atoms with van der Waals surface area (Å²) >= 11 is 1.90. The van der Waals surface area contributed by atoms with Crippen molar-refractivity contribution in [3.8, 4) is 22.3 Å². The van der Waals surface area contributed by atoms with E-state index in [0.717, 1.165) is 0 Å². The Morgan fingerprint density at radius 1 is 0.477 bits per heavy atom. The Morgan fingerprint density at radius 3 is 1.89 bits per heavy atom. The molecular formula is C42H33NS. The van der Waals surface area contributed by atoms with Crippen LogP contribution in [0.3, 0.4) is 0 Å². The fourth-order valence-electron chi connectivity index (χ4n) is 8.15. The lowest BCUT2D eigenvalue weighted by molar-refractivity contribution is 0.658. The first-order valence-corrected chi connectivity index (χ1v) is 16.4. The van der Waals surface area contributed by atoms with Crippen LogP contribution >= 0.6 is 11.3 Å². The summed E-state index contributed by atoms with van der Waals surface area (Å²) in [7, 11) is 0. The molecule has 1 heterocycles. The first-order chi connectivity index (χ1) is 21.4. The molecule has 1 nitrogen and oxygen atoms in total. The molecule has 0 saturated heterocycles. The van der Waals surface area contributed by atoms with E-state index >= 15 is 0 Å². The Balaban J connectivity index is 1.36. The molecule has 44 heavy (non-hydrogen) atoms. The maximum absolute atomic E-state index is 2.56. The second kappa shape index (κ2) is 8.94.